The topological polar surface area (TPSA) is 105 Å². The number of phosphoric acid groups is 1. The molecule has 476 valence electrons. The number of aliphatic hydroxyl groups excluding tert-OH is 1. The van der Waals surface area contributed by atoms with Gasteiger partial charge in [-0.05, 0) is 44.9 Å². The van der Waals surface area contributed by atoms with Crippen molar-refractivity contribution in [1.82, 2.24) is 5.32 Å². The predicted molar refractivity (Wildman–Crippen MR) is 351 cm³/mol. The first kappa shape index (κ1) is 79.0. The first-order valence-corrected chi connectivity index (χ1v) is 37.2. The quantitative estimate of drug-likeness (QED) is 0.0243. The van der Waals surface area contributed by atoms with E-state index in [1.54, 1.807) is 6.08 Å². The predicted octanol–water partition coefficient (Wildman–Crippen LogP) is 22.7. The van der Waals surface area contributed by atoms with E-state index in [0.29, 0.717) is 17.4 Å². The van der Waals surface area contributed by atoms with E-state index in [2.05, 4.69) is 31.3 Å². The second kappa shape index (κ2) is 62.5. The molecular formula is C71H142N2O6P+. The second-order valence-corrected chi connectivity index (χ2v) is 27.4. The first-order valence-electron chi connectivity index (χ1n) is 35.7. The highest BCUT2D eigenvalue weighted by molar-refractivity contribution is 7.47. The number of hydrogen-bond donors (Lipinski definition) is 3. The number of allylic oxidation sites excluding steroid dienone is 3. The van der Waals surface area contributed by atoms with Crippen molar-refractivity contribution >= 4 is 13.7 Å². The van der Waals surface area contributed by atoms with Gasteiger partial charge in [-0.1, -0.05) is 346 Å². The van der Waals surface area contributed by atoms with E-state index in [1.807, 2.05) is 27.2 Å². The van der Waals surface area contributed by atoms with E-state index < -0.39 is 20.0 Å². The maximum absolute atomic E-state index is 13.1. The van der Waals surface area contributed by atoms with Crippen molar-refractivity contribution in [2.45, 2.75) is 386 Å². The zero-order valence-corrected chi connectivity index (χ0v) is 55.5. The third-order valence-electron chi connectivity index (χ3n) is 16.7. The molecule has 0 aliphatic heterocycles. The molecule has 0 saturated heterocycles. The van der Waals surface area contributed by atoms with Crippen LogP contribution in [0.5, 0.6) is 0 Å². The number of unbranched alkanes of at least 4 members (excludes halogenated alkanes) is 52. The van der Waals surface area contributed by atoms with Crippen LogP contribution in [0.15, 0.2) is 24.3 Å². The van der Waals surface area contributed by atoms with Gasteiger partial charge in [-0.3, -0.25) is 13.8 Å². The van der Waals surface area contributed by atoms with Crippen molar-refractivity contribution in [3.05, 3.63) is 24.3 Å². The molecule has 3 N–H and O–H groups in total. The summed E-state index contributed by atoms with van der Waals surface area (Å²) in [4.78, 5) is 23.4. The second-order valence-electron chi connectivity index (χ2n) is 26.0. The largest absolute Gasteiger partial charge is 0.472 e. The maximum Gasteiger partial charge on any atom is 0.472 e. The van der Waals surface area contributed by atoms with Crippen LogP contribution in [0.4, 0.5) is 0 Å². The van der Waals surface area contributed by atoms with Crippen LogP contribution in [0.2, 0.25) is 0 Å². The Balaban J connectivity index is 3.99. The maximum atomic E-state index is 13.1. The molecule has 0 saturated carbocycles. The van der Waals surface area contributed by atoms with Gasteiger partial charge in [0.1, 0.15) is 13.2 Å². The molecule has 0 aliphatic carbocycles. The number of likely N-dealkylation sites (N-methyl/N-ethyl adjacent to an activating group) is 1. The third kappa shape index (κ3) is 64.5. The van der Waals surface area contributed by atoms with Crippen LogP contribution in [0.25, 0.3) is 0 Å². The van der Waals surface area contributed by atoms with Crippen molar-refractivity contribution < 1.29 is 32.9 Å². The summed E-state index contributed by atoms with van der Waals surface area (Å²) in [5.74, 6) is -0.169. The fourth-order valence-corrected chi connectivity index (χ4v) is 11.8. The lowest BCUT2D eigenvalue weighted by Crippen LogP contribution is -2.45. The van der Waals surface area contributed by atoms with Gasteiger partial charge in [-0.25, -0.2) is 4.57 Å². The zero-order chi connectivity index (χ0) is 58.4. The van der Waals surface area contributed by atoms with E-state index >= 15 is 0 Å². The Bertz CT molecular complexity index is 1350. The summed E-state index contributed by atoms with van der Waals surface area (Å²) in [6.07, 6.45) is 81.9. The SMILES string of the molecule is CCCCCCCCCCCCCCCC/C=C\CCCCCCCCCCCCCCCCCCCC(=O)NC(COP(=O)(O)OCC[N+](C)(C)C)C(O)/C=C/CCCCCCCCCCCCCCCCCCCCCCC. The fraction of sp³-hybridized carbons (Fsp3) is 0.930. The van der Waals surface area contributed by atoms with Crippen LogP contribution >= 0.6 is 7.82 Å². The summed E-state index contributed by atoms with van der Waals surface area (Å²) in [7, 11) is 1.59. The van der Waals surface area contributed by atoms with Crippen LogP contribution in [0.1, 0.15) is 373 Å². The molecule has 1 amide bonds. The Morgan fingerprint density at radius 2 is 0.675 bits per heavy atom. The molecule has 9 heteroatoms. The number of quaternary nitrogens is 1. The number of nitrogens with one attached hydrogen (secondary N) is 1. The summed E-state index contributed by atoms with van der Waals surface area (Å²) >= 11 is 0. The Labute approximate surface area is 500 Å². The summed E-state index contributed by atoms with van der Waals surface area (Å²) in [6.45, 7) is 4.88. The Hall–Kier alpha value is -1.02. The molecule has 0 rings (SSSR count). The van der Waals surface area contributed by atoms with Crippen LogP contribution in [-0.2, 0) is 18.4 Å². The van der Waals surface area contributed by atoms with Crippen molar-refractivity contribution in [3.8, 4) is 0 Å². The van der Waals surface area contributed by atoms with Gasteiger partial charge in [0.25, 0.3) is 0 Å². The minimum atomic E-state index is -4.35. The van der Waals surface area contributed by atoms with E-state index in [-0.39, 0.29) is 19.1 Å². The van der Waals surface area contributed by atoms with Gasteiger partial charge in [-0.15, -0.1) is 0 Å². The van der Waals surface area contributed by atoms with Crippen LogP contribution in [-0.4, -0.2) is 73.4 Å². The van der Waals surface area contributed by atoms with E-state index in [1.165, 1.54) is 321 Å². The lowest BCUT2D eigenvalue weighted by atomic mass is 10.0. The number of amides is 1. The molecular weight excluding hydrogens is 1010 g/mol. The molecule has 8 nitrogen and oxygen atoms in total. The number of hydrogen-bond acceptors (Lipinski definition) is 5. The average Bonchev–Trinajstić information content (AvgIpc) is 3.42. The van der Waals surface area contributed by atoms with Gasteiger partial charge < -0.3 is 19.8 Å². The molecule has 80 heavy (non-hydrogen) atoms. The first-order chi connectivity index (χ1) is 39.0. The lowest BCUT2D eigenvalue weighted by Gasteiger charge is -2.25. The number of phosphoric ester groups is 1. The smallest absolute Gasteiger partial charge is 0.387 e. The highest BCUT2D eigenvalue weighted by Gasteiger charge is 2.28. The van der Waals surface area contributed by atoms with Gasteiger partial charge in [0.05, 0.1) is 39.9 Å². The summed E-state index contributed by atoms with van der Waals surface area (Å²) in [5.41, 5.74) is 0. The molecule has 0 aliphatic rings. The van der Waals surface area contributed by atoms with E-state index in [9.17, 15) is 19.4 Å². The molecule has 0 aromatic rings. The van der Waals surface area contributed by atoms with Crippen molar-refractivity contribution in [3.63, 3.8) is 0 Å². The Morgan fingerprint density at radius 3 is 0.963 bits per heavy atom. The van der Waals surface area contributed by atoms with Crippen LogP contribution < -0.4 is 5.32 Å². The molecule has 3 unspecified atom stereocenters. The van der Waals surface area contributed by atoms with Gasteiger partial charge >= 0.3 is 7.82 Å². The normalized spacial score (nSPS) is 13.7. The number of aliphatic hydroxyl groups is 1. The number of carbonyl (C=O) groups excluding carboxylic acids is 1. The van der Waals surface area contributed by atoms with Crippen molar-refractivity contribution in [1.29, 1.82) is 0 Å². The molecule has 0 aromatic carbocycles. The monoisotopic (exact) mass is 1150 g/mol. The Kier molecular flexibility index (Phi) is 61.7. The fourth-order valence-electron chi connectivity index (χ4n) is 11.1. The highest BCUT2D eigenvalue weighted by Crippen LogP contribution is 2.43. The molecule has 0 bridgehead atoms. The van der Waals surface area contributed by atoms with Gasteiger partial charge in [0, 0.05) is 6.42 Å². The standard InChI is InChI=1S/C71H141N2O6P/c1-6-8-10-12-14-16-18-20-22-24-26-28-30-31-32-33-34-35-36-37-38-39-40-41-43-45-47-49-51-53-55-57-59-61-63-65-71(75)72-69(68-79-80(76,77)78-67-66-73(3,4)5)70(74)64-62-60-58-56-54-52-50-48-46-44-42-29-27-25-23-21-19-17-15-13-11-9-7-2/h33-34,62,64,69-70,74H,6-32,35-61,63,65-68H2,1-5H3,(H-,72,75,76,77)/p+1/b34-33-,64-62+. The minimum Gasteiger partial charge on any atom is -0.387 e. The van der Waals surface area contributed by atoms with Gasteiger partial charge in [0.2, 0.25) is 5.91 Å². The summed E-state index contributed by atoms with van der Waals surface area (Å²) in [6, 6.07) is -0.845. The van der Waals surface area contributed by atoms with Crippen LogP contribution in [0, 0.1) is 0 Å². The molecule has 0 spiro atoms. The minimum absolute atomic E-state index is 0.0643. The Morgan fingerprint density at radius 1 is 0.412 bits per heavy atom. The number of nitrogens with zero attached hydrogens (tertiary/aromatic N) is 1. The summed E-state index contributed by atoms with van der Waals surface area (Å²) < 4.78 is 23.8. The molecule has 0 aromatic heterocycles. The van der Waals surface area contributed by atoms with Crippen LogP contribution in [0.3, 0.4) is 0 Å². The van der Waals surface area contributed by atoms with Crippen molar-refractivity contribution in [2.75, 3.05) is 40.9 Å². The highest BCUT2D eigenvalue weighted by atomic mass is 31.2. The number of carbonyl (C=O) groups is 1. The molecule has 3 atom stereocenters. The van der Waals surface area contributed by atoms with Gasteiger partial charge in [-0.2, -0.15) is 0 Å². The zero-order valence-electron chi connectivity index (χ0n) is 54.6. The molecule has 0 radical (unpaired) electrons. The summed E-state index contributed by atoms with van der Waals surface area (Å²) in [5, 5.41) is 14.0. The lowest BCUT2D eigenvalue weighted by molar-refractivity contribution is -0.870. The van der Waals surface area contributed by atoms with E-state index in [4.69, 9.17) is 9.05 Å². The average molecular weight is 1150 g/mol. The molecule has 0 heterocycles. The van der Waals surface area contributed by atoms with E-state index in [0.717, 1.165) is 32.1 Å². The van der Waals surface area contributed by atoms with Gasteiger partial charge in [0.15, 0.2) is 0 Å². The third-order valence-corrected chi connectivity index (χ3v) is 17.6. The number of rotatable bonds is 67. The molecule has 0 fully saturated rings. The van der Waals surface area contributed by atoms with Crippen molar-refractivity contribution in [2.24, 2.45) is 0 Å².